The normalized spacial score (nSPS) is 10.6. The molecule has 8 heteroatoms. The van der Waals surface area contributed by atoms with Crippen molar-refractivity contribution in [1.82, 2.24) is 24.6 Å². The summed E-state index contributed by atoms with van der Waals surface area (Å²) in [6, 6.07) is 9.78. The van der Waals surface area contributed by atoms with Crippen LogP contribution < -0.4 is 0 Å². The summed E-state index contributed by atoms with van der Waals surface area (Å²) in [7, 11) is 3.53. The molecule has 26 heavy (non-hydrogen) atoms. The summed E-state index contributed by atoms with van der Waals surface area (Å²) >= 11 is 1.32. The summed E-state index contributed by atoms with van der Waals surface area (Å²) in [6.07, 6.45) is 0. The SMILES string of the molecule is CCN(CC)C(=O)CN(C)C(=O)CSc1nnc(-c2ccccc2)n1C. The Balaban J connectivity index is 1.93. The average Bonchev–Trinajstić information content (AvgIpc) is 3.02. The van der Waals surface area contributed by atoms with Crippen molar-refractivity contribution in [3.8, 4) is 11.4 Å². The van der Waals surface area contributed by atoms with Crippen LogP contribution in [0.2, 0.25) is 0 Å². The van der Waals surface area contributed by atoms with Crippen LogP contribution in [0.4, 0.5) is 0 Å². The van der Waals surface area contributed by atoms with Crippen molar-refractivity contribution in [3.63, 3.8) is 0 Å². The maximum atomic E-state index is 12.3. The van der Waals surface area contributed by atoms with Crippen molar-refractivity contribution >= 4 is 23.6 Å². The Hall–Kier alpha value is -2.35. The number of thioether (sulfide) groups is 1. The molecule has 1 aromatic carbocycles. The molecule has 0 radical (unpaired) electrons. The molecule has 2 rings (SSSR count). The van der Waals surface area contributed by atoms with Gasteiger partial charge in [0.05, 0.1) is 12.3 Å². The Morgan fingerprint density at radius 1 is 1.08 bits per heavy atom. The molecule has 0 bridgehead atoms. The van der Waals surface area contributed by atoms with Gasteiger partial charge in [0.1, 0.15) is 0 Å². The van der Waals surface area contributed by atoms with Gasteiger partial charge in [-0.05, 0) is 13.8 Å². The zero-order valence-corrected chi connectivity index (χ0v) is 16.5. The van der Waals surface area contributed by atoms with Crippen LogP contribution in [0.25, 0.3) is 11.4 Å². The van der Waals surface area contributed by atoms with E-state index in [-0.39, 0.29) is 24.1 Å². The Morgan fingerprint density at radius 3 is 2.35 bits per heavy atom. The lowest BCUT2D eigenvalue weighted by molar-refractivity contribution is -0.137. The van der Waals surface area contributed by atoms with Crippen LogP contribution in [0, 0.1) is 0 Å². The molecule has 0 fully saturated rings. The number of rotatable bonds is 8. The van der Waals surface area contributed by atoms with Gasteiger partial charge in [-0.1, -0.05) is 42.1 Å². The van der Waals surface area contributed by atoms with E-state index >= 15 is 0 Å². The molecule has 0 aliphatic carbocycles. The van der Waals surface area contributed by atoms with E-state index < -0.39 is 0 Å². The van der Waals surface area contributed by atoms with Gasteiger partial charge >= 0.3 is 0 Å². The molecule has 2 aromatic rings. The Morgan fingerprint density at radius 2 is 1.73 bits per heavy atom. The van der Waals surface area contributed by atoms with Crippen molar-refractivity contribution < 1.29 is 9.59 Å². The molecule has 0 atom stereocenters. The van der Waals surface area contributed by atoms with Crippen LogP contribution in [-0.2, 0) is 16.6 Å². The highest BCUT2D eigenvalue weighted by atomic mass is 32.2. The number of carbonyl (C=O) groups is 2. The van der Waals surface area contributed by atoms with E-state index in [1.807, 2.05) is 55.8 Å². The van der Waals surface area contributed by atoms with Crippen LogP contribution >= 0.6 is 11.8 Å². The molecule has 1 aromatic heterocycles. The molecule has 0 N–H and O–H groups in total. The monoisotopic (exact) mass is 375 g/mol. The molecular formula is C18H25N5O2S. The van der Waals surface area contributed by atoms with Crippen molar-refractivity contribution in [2.24, 2.45) is 7.05 Å². The lowest BCUT2D eigenvalue weighted by Gasteiger charge is -2.23. The topological polar surface area (TPSA) is 71.3 Å². The third kappa shape index (κ3) is 4.85. The van der Waals surface area contributed by atoms with Gasteiger partial charge in [-0.2, -0.15) is 0 Å². The number of likely N-dealkylation sites (N-methyl/N-ethyl adjacent to an activating group) is 2. The van der Waals surface area contributed by atoms with Crippen LogP contribution in [0.5, 0.6) is 0 Å². The van der Waals surface area contributed by atoms with E-state index in [4.69, 9.17) is 0 Å². The molecule has 2 amide bonds. The van der Waals surface area contributed by atoms with Gasteiger partial charge in [0.2, 0.25) is 11.8 Å². The summed E-state index contributed by atoms with van der Waals surface area (Å²) in [6.45, 7) is 5.24. The second-order valence-electron chi connectivity index (χ2n) is 5.84. The van der Waals surface area contributed by atoms with Gasteiger partial charge in [-0.15, -0.1) is 10.2 Å². The number of hydrogen-bond donors (Lipinski definition) is 0. The molecule has 7 nitrogen and oxygen atoms in total. The minimum Gasteiger partial charge on any atom is -0.342 e. The van der Waals surface area contributed by atoms with Crippen molar-refractivity contribution in [2.75, 3.05) is 32.4 Å². The van der Waals surface area contributed by atoms with Crippen LogP contribution in [0.15, 0.2) is 35.5 Å². The summed E-state index contributed by atoms with van der Waals surface area (Å²) in [4.78, 5) is 27.6. The minimum absolute atomic E-state index is 0.0409. The second kappa shape index (κ2) is 9.38. The van der Waals surface area contributed by atoms with Crippen LogP contribution in [-0.4, -0.2) is 68.8 Å². The maximum Gasteiger partial charge on any atom is 0.242 e. The highest BCUT2D eigenvalue weighted by molar-refractivity contribution is 7.99. The highest BCUT2D eigenvalue weighted by Crippen LogP contribution is 2.22. The zero-order chi connectivity index (χ0) is 19.1. The number of hydrogen-bond acceptors (Lipinski definition) is 5. The quantitative estimate of drug-likeness (QED) is 0.659. The lowest BCUT2D eigenvalue weighted by Crippen LogP contribution is -2.41. The number of aromatic nitrogens is 3. The average molecular weight is 375 g/mol. The van der Waals surface area contributed by atoms with Gasteiger partial charge in [-0.25, -0.2) is 0 Å². The third-order valence-corrected chi connectivity index (χ3v) is 5.11. The smallest absolute Gasteiger partial charge is 0.242 e. The third-order valence-electron chi connectivity index (χ3n) is 4.11. The van der Waals surface area contributed by atoms with Gasteiger partial charge < -0.3 is 14.4 Å². The van der Waals surface area contributed by atoms with Crippen LogP contribution in [0.3, 0.4) is 0 Å². The predicted octanol–water partition coefficient (Wildman–Crippen LogP) is 1.90. The van der Waals surface area contributed by atoms with E-state index in [2.05, 4.69) is 10.2 Å². The first-order valence-corrected chi connectivity index (χ1v) is 9.55. The van der Waals surface area contributed by atoms with E-state index in [1.54, 1.807) is 11.9 Å². The molecule has 1 heterocycles. The van der Waals surface area contributed by atoms with Crippen molar-refractivity contribution in [1.29, 1.82) is 0 Å². The van der Waals surface area contributed by atoms with Crippen molar-refractivity contribution in [2.45, 2.75) is 19.0 Å². The van der Waals surface area contributed by atoms with Gasteiger partial charge in [-0.3, -0.25) is 9.59 Å². The molecule has 0 unspecified atom stereocenters. The van der Waals surface area contributed by atoms with Gasteiger partial charge in [0, 0.05) is 32.7 Å². The number of carbonyl (C=O) groups excluding carboxylic acids is 2. The van der Waals surface area contributed by atoms with Gasteiger partial charge in [0.25, 0.3) is 0 Å². The Kier molecular flexibility index (Phi) is 7.20. The fourth-order valence-corrected chi connectivity index (χ4v) is 3.33. The predicted molar refractivity (Wildman–Crippen MR) is 103 cm³/mol. The summed E-state index contributed by atoms with van der Waals surface area (Å²) in [5, 5.41) is 9.05. The first kappa shape index (κ1) is 20.0. The lowest BCUT2D eigenvalue weighted by atomic mass is 10.2. The number of amides is 2. The molecular weight excluding hydrogens is 350 g/mol. The summed E-state index contributed by atoms with van der Waals surface area (Å²) in [5.41, 5.74) is 0.975. The summed E-state index contributed by atoms with van der Waals surface area (Å²) in [5.74, 6) is 0.814. The fraction of sp³-hybridized carbons (Fsp3) is 0.444. The molecule has 0 aliphatic rings. The molecule has 140 valence electrons. The summed E-state index contributed by atoms with van der Waals surface area (Å²) < 4.78 is 1.87. The van der Waals surface area contributed by atoms with E-state index in [0.29, 0.717) is 18.2 Å². The second-order valence-corrected chi connectivity index (χ2v) is 6.78. The Labute approximate surface area is 158 Å². The molecule has 0 saturated heterocycles. The number of nitrogens with zero attached hydrogens (tertiary/aromatic N) is 5. The Bertz CT molecular complexity index is 743. The minimum atomic E-state index is -0.111. The maximum absolute atomic E-state index is 12.3. The molecule has 0 aliphatic heterocycles. The van der Waals surface area contributed by atoms with E-state index in [0.717, 1.165) is 11.4 Å². The largest absolute Gasteiger partial charge is 0.342 e. The standard InChI is InChI=1S/C18H25N5O2S/c1-5-23(6-2)15(24)12-21(3)16(25)13-26-18-20-19-17(22(18)4)14-10-8-7-9-11-14/h7-11H,5-6,12-13H2,1-4H3. The fourth-order valence-electron chi connectivity index (χ4n) is 2.48. The van der Waals surface area contributed by atoms with E-state index in [9.17, 15) is 9.59 Å². The molecule has 0 saturated carbocycles. The van der Waals surface area contributed by atoms with Crippen LogP contribution in [0.1, 0.15) is 13.8 Å². The van der Waals surface area contributed by atoms with Crippen molar-refractivity contribution in [3.05, 3.63) is 30.3 Å². The number of benzene rings is 1. The highest BCUT2D eigenvalue weighted by Gasteiger charge is 2.18. The first-order chi connectivity index (χ1) is 12.5. The first-order valence-electron chi connectivity index (χ1n) is 8.57. The van der Waals surface area contributed by atoms with E-state index in [1.165, 1.54) is 16.7 Å². The zero-order valence-electron chi connectivity index (χ0n) is 15.7. The van der Waals surface area contributed by atoms with Gasteiger partial charge in [0.15, 0.2) is 11.0 Å². The molecule has 0 spiro atoms.